The van der Waals surface area contributed by atoms with Crippen molar-refractivity contribution in [2.75, 3.05) is 17.3 Å². The number of nitrogens with zero attached hydrogens (tertiary/aromatic N) is 1. The number of hydrogen-bond donors (Lipinski definition) is 1. The molecule has 0 aliphatic carbocycles. The van der Waals surface area contributed by atoms with Crippen LogP contribution in [-0.4, -0.2) is 18.9 Å². The Hall–Kier alpha value is -2.62. The van der Waals surface area contributed by atoms with Crippen molar-refractivity contribution >= 4 is 23.2 Å². The normalized spacial score (nSPS) is 13.2. The molecule has 1 heterocycles. The summed E-state index contributed by atoms with van der Waals surface area (Å²) < 4.78 is 0. The van der Waals surface area contributed by atoms with Gasteiger partial charge in [0.15, 0.2) is 0 Å². The van der Waals surface area contributed by atoms with Crippen LogP contribution in [0, 0.1) is 6.92 Å². The Morgan fingerprint density at radius 3 is 2.82 bits per heavy atom. The Morgan fingerprint density at radius 2 is 2.05 bits per heavy atom. The minimum absolute atomic E-state index is 0.0526. The first-order chi connectivity index (χ1) is 10.5. The van der Waals surface area contributed by atoms with Crippen LogP contribution in [0.15, 0.2) is 42.5 Å². The number of aryl methyl sites for hydroxylation is 1. The lowest BCUT2D eigenvalue weighted by Gasteiger charge is -2.11. The van der Waals surface area contributed by atoms with Gasteiger partial charge in [-0.25, -0.2) is 0 Å². The first-order valence-corrected chi connectivity index (χ1v) is 7.28. The van der Waals surface area contributed by atoms with Gasteiger partial charge in [0.05, 0.1) is 12.8 Å². The first kappa shape index (κ1) is 14.3. The summed E-state index contributed by atoms with van der Waals surface area (Å²) in [6.45, 7) is 1.99. The summed E-state index contributed by atoms with van der Waals surface area (Å²) in [4.78, 5) is 25.5. The number of rotatable bonds is 3. The molecule has 4 nitrogen and oxygen atoms in total. The molecule has 1 N–H and O–H groups in total. The van der Waals surface area contributed by atoms with Crippen molar-refractivity contribution in [1.29, 1.82) is 0 Å². The smallest absolute Gasteiger partial charge is 0.231 e. The molecule has 4 heteroatoms. The van der Waals surface area contributed by atoms with Crippen LogP contribution in [0.2, 0.25) is 0 Å². The molecule has 0 unspecified atom stereocenters. The number of likely N-dealkylation sites (N-methyl/N-ethyl adjacent to an activating group) is 1. The molecule has 0 fully saturated rings. The third kappa shape index (κ3) is 2.86. The van der Waals surface area contributed by atoms with Crippen molar-refractivity contribution in [3.63, 3.8) is 0 Å². The van der Waals surface area contributed by atoms with E-state index in [2.05, 4.69) is 5.32 Å². The van der Waals surface area contributed by atoms with Gasteiger partial charge in [-0.05, 0) is 41.8 Å². The van der Waals surface area contributed by atoms with E-state index in [9.17, 15) is 9.59 Å². The number of nitrogens with one attached hydrogen (secondary N) is 1. The van der Waals surface area contributed by atoms with Crippen molar-refractivity contribution in [3.05, 3.63) is 59.2 Å². The molecule has 112 valence electrons. The van der Waals surface area contributed by atoms with Crippen molar-refractivity contribution in [1.82, 2.24) is 0 Å². The Morgan fingerprint density at radius 1 is 1.23 bits per heavy atom. The largest absolute Gasteiger partial charge is 0.326 e. The lowest BCUT2D eigenvalue weighted by molar-refractivity contribution is -0.117. The van der Waals surface area contributed by atoms with Crippen LogP contribution in [0.25, 0.3) is 0 Å². The molecule has 0 radical (unpaired) electrons. The van der Waals surface area contributed by atoms with Gasteiger partial charge in [-0.15, -0.1) is 0 Å². The lowest BCUT2D eigenvalue weighted by atomic mass is 10.1. The second-order valence-corrected chi connectivity index (χ2v) is 5.69. The SMILES string of the molecule is Cc1cccc(NC(=O)Cc2ccc3c(c2)CC(=O)N3C)c1. The fourth-order valence-electron chi connectivity index (χ4n) is 2.75. The fraction of sp³-hybridized carbons (Fsp3) is 0.222. The molecule has 1 aliphatic rings. The van der Waals surface area contributed by atoms with Gasteiger partial charge in [-0.3, -0.25) is 9.59 Å². The van der Waals surface area contributed by atoms with E-state index in [1.807, 2.05) is 49.4 Å². The van der Waals surface area contributed by atoms with Gasteiger partial charge in [0.25, 0.3) is 0 Å². The summed E-state index contributed by atoms with van der Waals surface area (Å²) in [5.41, 5.74) is 4.77. The molecule has 0 saturated carbocycles. The van der Waals surface area contributed by atoms with Crippen molar-refractivity contribution in [3.8, 4) is 0 Å². The first-order valence-electron chi connectivity index (χ1n) is 7.28. The highest BCUT2D eigenvalue weighted by molar-refractivity contribution is 6.01. The van der Waals surface area contributed by atoms with Gasteiger partial charge in [-0.2, -0.15) is 0 Å². The zero-order chi connectivity index (χ0) is 15.7. The molecule has 22 heavy (non-hydrogen) atoms. The highest BCUT2D eigenvalue weighted by Gasteiger charge is 2.23. The maximum absolute atomic E-state index is 12.1. The summed E-state index contributed by atoms with van der Waals surface area (Å²) in [5.74, 6) is 0.0413. The summed E-state index contributed by atoms with van der Waals surface area (Å²) in [7, 11) is 1.78. The highest BCUT2D eigenvalue weighted by atomic mass is 16.2. The van der Waals surface area contributed by atoms with Gasteiger partial charge in [0.2, 0.25) is 11.8 Å². The van der Waals surface area contributed by atoms with E-state index in [0.29, 0.717) is 12.8 Å². The van der Waals surface area contributed by atoms with Crippen LogP contribution >= 0.6 is 0 Å². The van der Waals surface area contributed by atoms with E-state index in [1.54, 1.807) is 11.9 Å². The minimum Gasteiger partial charge on any atom is -0.326 e. The van der Waals surface area contributed by atoms with Crippen molar-refractivity contribution in [2.24, 2.45) is 0 Å². The van der Waals surface area contributed by atoms with Crippen LogP contribution in [-0.2, 0) is 22.4 Å². The molecule has 2 aromatic carbocycles. The second-order valence-electron chi connectivity index (χ2n) is 5.69. The monoisotopic (exact) mass is 294 g/mol. The molecular weight excluding hydrogens is 276 g/mol. The Bertz CT molecular complexity index is 753. The maximum atomic E-state index is 12.1. The standard InChI is InChI=1S/C18H18N2O2/c1-12-4-3-5-15(8-12)19-17(21)10-13-6-7-16-14(9-13)11-18(22)20(16)2/h3-9H,10-11H2,1-2H3,(H,19,21). The number of carbonyl (C=O) groups is 2. The molecule has 0 saturated heterocycles. The maximum Gasteiger partial charge on any atom is 0.231 e. The molecule has 2 aromatic rings. The second kappa shape index (κ2) is 5.64. The molecule has 0 bridgehead atoms. The zero-order valence-electron chi connectivity index (χ0n) is 12.7. The van der Waals surface area contributed by atoms with E-state index < -0.39 is 0 Å². The molecule has 2 amide bonds. The minimum atomic E-state index is -0.0526. The molecule has 0 atom stereocenters. The summed E-state index contributed by atoms with van der Waals surface area (Å²) >= 11 is 0. The number of fused-ring (bicyclic) bond motifs is 1. The highest BCUT2D eigenvalue weighted by Crippen LogP contribution is 2.28. The summed E-state index contributed by atoms with van der Waals surface area (Å²) in [5, 5.41) is 2.90. The van der Waals surface area contributed by atoms with E-state index >= 15 is 0 Å². The fourth-order valence-corrected chi connectivity index (χ4v) is 2.75. The van der Waals surface area contributed by atoms with E-state index in [4.69, 9.17) is 0 Å². The zero-order valence-corrected chi connectivity index (χ0v) is 12.7. The Balaban J connectivity index is 1.70. The Labute approximate surface area is 129 Å². The van der Waals surface area contributed by atoms with E-state index in [1.165, 1.54) is 0 Å². The summed E-state index contributed by atoms with van der Waals surface area (Å²) in [6.07, 6.45) is 0.721. The van der Waals surface area contributed by atoms with E-state index in [0.717, 1.165) is 28.1 Å². The number of carbonyl (C=O) groups excluding carboxylic acids is 2. The third-order valence-electron chi connectivity index (χ3n) is 3.89. The molecule has 1 aliphatic heterocycles. The molecule has 3 rings (SSSR count). The number of hydrogen-bond acceptors (Lipinski definition) is 2. The van der Waals surface area contributed by atoms with Crippen LogP contribution in [0.3, 0.4) is 0 Å². The van der Waals surface area contributed by atoms with Gasteiger partial charge in [0, 0.05) is 18.4 Å². The van der Waals surface area contributed by atoms with Gasteiger partial charge in [0.1, 0.15) is 0 Å². The lowest BCUT2D eigenvalue weighted by Crippen LogP contribution is -2.20. The summed E-state index contributed by atoms with van der Waals surface area (Å²) in [6, 6.07) is 13.5. The van der Waals surface area contributed by atoms with Crippen LogP contribution in [0.5, 0.6) is 0 Å². The Kier molecular flexibility index (Phi) is 3.67. The van der Waals surface area contributed by atoms with Crippen LogP contribution in [0.4, 0.5) is 11.4 Å². The molecule has 0 aromatic heterocycles. The predicted octanol–water partition coefficient (Wildman–Crippen LogP) is 2.70. The molecule has 0 spiro atoms. The van der Waals surface area contributed by atoms with Gasteiger partial charge >= 0.3 is 0 Å². The van der Waals surface area contributed by atoms with Crippen LogP contribution < -0.4 is 10.2 Å². The van der Waals surface area contributed by atoms with Crippen molar-refractivity contribution in [2.45, 2.75) is 19.8 Å². The van der Waals surface area contributed by atoms with E-state index in [-0.39, 0.29) is 11.8 Å². The number of benzene rings is 2. The average Bonchev–Trinajstić information content (AvgIpc) is 2.73. The quantitative estimate of drug-likeness (QED) is 0.946. The third-order valence-corrected chi connectivity index (χ3v) is 3.89. The topological polar surface area (TPSA) is 49.4 Å². The average molecular weight is 294 g/mol. The van der Waals surface area contributed by atoms with Crippen LogP contribution in [0.1, 0.15) is 16.7 Å². The number of anilines is 2. The predicted molar refractivity (Wildman–Crippen MR) is 87.1 cm³/mol. The number of amides is 2. The molecular formula is C18H18N2O2. The van der Waals surface area contributed by atoms with Gasteiger partial charge < -0.3 is 10.2 Å². The van der Waals surface area contributed by atoms with Gasteiger partial charge in [-0.1, -0.05) is 24.3 Å². The van der Waals surface area contributed by atoms with Crippen molar-refractivity contribution < 1.29 is 9.59 Å².